The molecule has 2 aromatic rings. The lowest BCUT2D eigenvalue weighted by atomic mass is 10.0. The van der Waals surface area contributed by atoms with Gasteiger partial charge in [-0.25, -0.2) is 4.79 Å². The van der Waals surface area contributed by atoms with Crippen LogP contribution in [-0.2, 0) is 25.5 Å². The third-order valence-electron chi connectivity index (χ3n) is 6.18. The van der Waals surface area contributed by atoms with E-state index in [1.54, 1.807) is 32.5 Å². The van der Waals surface area contributed by atoms with Gasteiger partial charge in [0.15, 0.2) is 0 Å². The largest absolute Gasteiger partial charge is 0.444 e. The summed E-state index contributed by atoms with van der Waals surface area (Å²) in [5.41, 5.74) is 1.11. The molecule has 11 heteroatoms. The Balaban J connectivity index is 1.69. The molecule has 1 fully saturated rings. The molecule has 0 saturated carbocycles. The SMILES string of the molecule is CSCC[C@H](NC(=O)[C@H](Cc1c[nH]c2ccccc12)NC(=O)OC(C)(C)C)C(=O)NCCN1CCOCC1. The average Bonchev–Trinajstić information content (AvgIpc) is 3.28. The molecule has 0 bridgehead atoms. The standard InChI is InChI=1S/C27H41N5O5S/c1-27(2,3)37-26(35)31-23(17-19-18-29-21-8-6-5-7-20(19)21)25(34)30-22(9-16-38-4)24(33)28-10-11-32-12-14-36-15-13-32/h5-8,18,22-23,29H,9-17H2,1-4H3,(H,28,33)(H,30,34)(H,31,35)/t22-,23-/m0/s1. The monoisotopic (exact) mass is 547 g/mol. The number of alkyl carbamates (subject to hydrolysis) is 1. The van der Waals surface area contributed by atoms with Crippen molar-refractivity contribution in [1.29, 1.82) is 0 Å². The molecule has 1 aromatic carbocycles. The zero-order chi connectivity index (χ0) is 27.5. The van der Waals surface area contributed by atoms with Crippen molar-refractivity contribution >= 4 is 40.6 Å². The van der Waals surface area contributed by atoms with E-state index in [1.807, 2.05) is 36.7 Å². The molecule has 4 N–H and O–H groups in total. The minimum Gasteiger partial charge on any atom is -0.444 e. The predicted molar refractivity (Wildman–Crippen MR) is 150 cm³/mol. The number of nitrogens with zero attached hydrogens (tertiary/aromatic N) is 1. The van der Waals surface area contributed by atoms with Gasteiger partial charge in [0.1, 0.15) is 17.7 Å². The van der Waals surface area contributed by atoms with E-state index in [4.69, 9.17) is 9.47 Å². The van der Waals surface area contributed by atoms with Gasteiger partial charge in [0, 0.05) is 49.7 Å². The predicted octanol–water partition coefficient (Wildman–Crippen LogP) is 2.29. The van der Waals surface area contributed by atoms with Gasteiger partial charge >= 0.3 is 6.09 Å². The fourth-order valence-electron chi connectivity index (χ4n) is 4.24. The molecule has 2 atom stereocenters. The van der Waals surface area contributed by atoms with E-state index in [-0.39, 0.29) is 12.3 Å². The van der Waals surface area contributed by atoms with Gasteiger partial charge in [0.2, 0.25) is 11.8 Å². The molecule has 0 unspecified atom stereocenters. The number of rotatable bonds is 12. The zero-order valence-corrected chi connectivity index (χ0v) is 23.6. The zero-order valence-electron chi connectivity index (χ0n) is 22.8. The minimum absolute atomic E-state index is 0.233. The first-order valence-electron chi connectivity index (χ1n) is 13.1. The highest BCUT2D eigenvalue weighted by atomic mass is 32.2. The summed E-state index contributed by atoms with van der Waals surface area (Å²) in [4.78, 5) is 44.6. The number of hydrogen-bond donors (Lipinski definition) is 4. The molecule has 3 rings (SSSR count). The third kappa shape index (κ3) is 9.52. The summed E-state index contributed by atoms with van der Waals surface area (Å²) in [6.07, 6.45) is 3.82. The molecule has 0 radical (unpaired) electrons. The van der Waals surface area contributed by atoms with Crippen LogP contribution in [0.5, 0.6) is 0 Å². The highest BCUT2D eigenvalue weighted by Gasteiger charge is 2.29. The molecule has 2 heterocycles. The van der Waals surface area contributed by atoms with Crippen LogP contribution in [0.25, 0.3) is 10.9 Å². The first-order chi connectivity index (χ1) is 18.2. The van der Waals surface area contributed by atoms with Crippen LogP contribution in [0.15, 0.2) is 30.5 Å². The van der Waals surface area contributed by atoms with Gasteiger partial charge in [0.25, 0.3) is 0 Å². The lowest BCUT2D eigenvalue weighted by Crippen LogP contribution is -2.55. The summed E-state index contributed by atoms with van der Waals surface area (Å²) in [5.74, 6) is 0.0355. The number of carbonyl (C=O) groups is 3. The number of para-hydroxylation sites is 1. The number of thioether (sulfide) groups is 1. The highest BCUT2D eigenvalue weighted by molar-refractivity contribution is 7.98. The van der Waals surface area contributed by atoms with E-state index < -0.39 is 29.7 Å². The van der Waals surface area contributed by atoms with Crippen molar-refractivity contribution in [3.05, 3.63) is 36.0 Å². The van der Waals surface area contributed by atoms with Crippen LogP contribution < -0.4 is 16.0 Å². The molecule has 1 aromatic heterocycles. The quantitative estimate of drug-likeness (QED) is 0.321. The topological polar surface area (TPSA) is 125 Å². The minimum atomic E-state index is -0.929. The van der Waals surface area contributed by atoms with Crippen LogP contribution in [0, 0.1) is 0 Å². The Morgan fingerprint density at radius 2 is 1.84 bits per heavy atom. The van der Waals surface area contributed by atoms with Crippen molar-refractivity contribution in [2.24, 2.45) is 0 Å². The summed E-state index contributed by atoms with van der Waals surface area (Å²) < 4.78 is 10.8. The lowest BCUT2D eigenvalue weighted by Gasteiger charge is -2.27. The summed E-state index contributed by atoms with van der Waals surface area (Å²) in [7, 11) is 0. The number of hydrogen-bond acceptors (Lipinski definition) is 7. The Bertz CT molecular complexity index is 1060. The molecule has 3 amide bonds. The number of aromatic nitrogens is 1. The van der Waals surface area contributed by atoms with Crippen molar-refractivity contribution in [3.8, 4) is 0 Å². The summed E-state index contributed by atoms with van der Waals surface area (Å²) in [6.45, 7) is 9.58. The number of amides is 3. The second kappa shape index (κ2) is 14.4. The Morgan fingerprint density at radius 1 is 1.11 bits per heavy atom. The van der Waals surface area contributed by atoms with E-state index in [1.165, 1.54) is 0 Å². The van der Waals surface area contributed by atoms with Crippen LogP contribution in [0.1, 0.15) is 32.8 Å². The molecule has 1 aliphatic rings. The second-order valence-corrected chi connectivity index (χ2v) is 11.3. The second-order valence-electron chi connectivity index (χ2n) is 10.4. The molecule has 1 saturated heterocycles. The number of benzene rings is 1. The number of nitrogens with one attached hydrogen (secondary N) is 4. The number of aromatic amines is 1. The number of carbonyl (C=O) groups excluding carboxylic acids is 3. The van der Waals surface area contributed by atoms with Crippen molar-refractivity contribution in [2.45, 2.75) is 51.3 Å². The molecular formula is C27H41N5O5S. The van der Waals surface area contributed by atoms with Gasteiger partial charge in [-0.15, -0.1) is 0 Å². The van der Waals surface area contributed by atoms with Crippen molar-refractivity contribution in [1.82, 2.24) is 25.8 Å². The van der Waals surface area contributed by atoms with Crippen LogP contribution >= 0.6 is 11.8 Å². The van der Waals surface area contributed by atoms with Crippen molar-refractivity contribution in [2.75, 3.05) is 51.4 Å². The molecule has 1 aliphatic heterocycles. The molecule has 38 heavy (non-hydrogen) atoms. The Kier molecular flexibility index (Phi) is 11.3. The molecular weight excluding hydrogens is 506 g/mol. The van der Waals surface area contributed by atoms with Gasteiger partial charge in [0.05, 0.1) is 13.2 Å². The highest BCUT2D eigenvalue weighted by Crippen LogP contribution is 2.19. The number of morpholine rings is 1. The van der Waals surface area contributed by atoms with Crippen LogP contribution in [0.3, 0.4) is 0 Å². The fraction of sp³-hybridized carbons (Fsp3) is 0.593. The third-order valence-corrected chi connectivity index (χ3v) is 6.82. The van der Waals surface area contributed by atoms with Crippen LogP contribution in [0.4, 0.5) is 4.79 Å². The Hall–Kier alpha value is -2.76. The molecule has 10 nitrogen and oxygen atoms in total. The Morgan fingerprint density at radius 3 is 2.55 bits per heavy atom. The molecule has 0 aliphatic carbocycles. The lowest BCUT2D eigenvalue weighted by molar-refractivity contribution is -0.130. The number of fused-ring (bicyclic) bond motifs is 1. The van der Waals surface area contributed by atoms with Crippen molar-refractivity contribution in [3.63, 3.8) is 0 Å². The maximum atomic E-state index is 13.5. The maximum absolute atomic E-state index is 13.5. The van der Waals surface area contributed by atoms with E-state index in [0.29, 0.717) is 31.9 Å². The van der Waals surface area contributed by atoms with Crippen molar-refractivity contribution < 1.29 is 23.9 Å². The van der Waals surface area contributed by atoms with E-state index >= 15 is 0 Å². The van der Waals surface area contributed by atoms with Crippen LogP contribution in [-0.4, -0.2) is 96.9 Å². The van der Waals surface area contributed by atoms with Gasteiger partial charge < -0.3 is 30.4 Å². The first kappa shape index (κ1) is 29.8. The maximum Gasteiger partial charge on any atom is 0.408 e. The summed E-state index contributed by atoms with van der Waals surface area (Å²) >= 11 is 1.60. The van der Waals surface area contributed by atoms with Gasteiger partial charge in [-0.2, -0.15) is 11.8 Å². The van der Waals surface area contributed by atoms with Crippen LogP contribution in [0.2, 0.25) is 0 Å². The van der Waals surface area contributed by atoms with Gasteiger partial charge in [-0.05, 0) is 50.8 Å². The Labute approximate surface area is 228 Å². The molecule has 0 spiro atoms. The first-order valence-corrected chi connectivity index (χ1v) is 14.5. The normalized spacial score (nSPS) is 16.0. The van der Waals surface area contributed by atoms with Gasteiger partial charge in [-0.1, -0.05) is 18.2 Å². The number of H-pyrrole nitrogens is 1. The fourth-order valence-corrected chi connectivity index (χ4v) is 4.71. The average molecular weight is 548 g/mol. The molecule has 210 valence electrons. The van der Waals surface area contributed by atoms with E-state index in [0.717, 1.165) is 36.1 Å². The van der Waals surface area contributed by atoms with E-state index in [2.05, 4.69) is 25.8 Å². The summed E-state index contributed by atoms with van der Waals surface area (Å²) in [6, 6.07) is 6.13. The van der Waals surface area contributed by atoms with Gasteiger partial charge in [-0.3, -0.25) is 14.5 Å². The summed E-state index contributed by atoms with van der Waals surface area (Å²) in [5, 5.41) is 9.54. The van der Waals surface area contributed by atoms with E-state index in [9.17, 15) is 14.4 Å². The number of ether oxygens (including phenoxy) is 2. The smallest absolute Gasteiger partial charge is 0.408 e.